The molecule has 0 aromatic heterocycles. The number of hydrogen-bond acceptors (Lipinski definition) is 2. The molecule has 0 unspecified atom stereocenters. The van der Waals surface area contributed by atoms with E-state index >= 15 is 0 Å². The van der Waals surface area contributed by atoms with Gasteiger partial charge in [0.25, 0.3) is 0 Å². The van der Waals surface area contributed by atoms with Gasteiger partial charge in [-0.3, -0.25) is 0 Å². The van der Waals surface area contributed by atoms with Gasteiger partial charge < -0.3 is 5.73 Å². The molecule has 0 aromatic carbocycles. The first-order valence-electron chi connectivity index (χ1n) is 1.77. The maximum atomic E-state index is 7.96. The van der Waals surface area contributed by atoms with Crippen LogP contribution in [0, 0.1) is 11.3 Å². The van der Waals surface area contributed by atoms with Crippen molar-refractivity contribution in [1.82, 2.24) is 0 Å². The molecule has 2 nitrogen and oxygen atoms in total. The predicted molar refractivity (Wildman–Crippen MR) is 28.6 cm³/mol. The fourth-order valence-electron chi connectivity index (χ4n) is 0.149. The molecule has 0 fully saturated rings. The summed E-state index contributed by atoms with van der Waals surface area (Å²) >= 11 is 5.19. The van der Waals surface area contributed by atoms with E-state index in [4.69, 9.17) is 22.6 Å². The highest BCUT2D eigenvalue weighted by Gasteiger charge is 1.79. The number of nitrogens with zero attached hydrogens (tertiary/aromatic N) is 1. The van der Waals surface area contributed by atoms with Crippen molar-refractivity contribution in [3.63, 3.8) is 0 Å². The summed E-state index contributed by atoms with van der Waals surface area (Å²) in [5.41, 5.74) is 4.99. The zero-order valence-electron chi connectivity index (χ0n) is 3.69. The van der Waals surface area contributed by atoms with Gasteiger partial charge in [-0.25, -0.2) is 0 Å². The molecule has 0 aliphatic carbocycles. The number of halogens is 1. The predicted octanol–water partition coefficient (Wildman–Crippen LogP) is 0.591. The molecule has 0 saturated carbocycles. The lowest BCUT2D eigenvalue weighted by Gasteiger charge is -1.75. The molecular formula is C4H5ClN2. The van der Waals surface area contributed by atoms with E-state index in [2.05, 4.69) is 0 Å². The smallest absolute Gasteiger partial charge is 0.115 e. The topological polar surface area (TPSA) is 49.8 Å². The van der Waals surface area contributed by atoms with E-state index in [0.29, 0.717) is 6.54 Å². The zero-order chi connectivity index (χ0) is 5.70. The normalized spacial score (nSPS) is 10.7. The Balaban J connectivity index is 3.57. The van der Waals surface area contributed by atoms with Gasteiger partial charge in [0.15, 0.2) is 0 Å². The average Bonchev–Trinajstić information content (AvgIpc) is 1.68. The van der Waals surface area contributed by atoms with Crippen LogP contribution in [0.3, 0.4) is 0 Å². The largest absolute Gasteiger partial charge is 0.327 e. The lowest BCUT2D eigenvalue weighted by molar-refractivity contribution is 1.25. The van der Waals surface area contributed by atoms with E-state index in [9.17, 15) is 0 Å². The second-order valence-corrected chi connectivity index (χ2v) is 1.31. The van der Waals surface area contributed by atoms with Crippen LogP contribution in [0.1, 0.15) is 0 Å². The Morgan fingerprint density at radius 3 is 2.71 bits per heavy atom. The van der Waals surface area contributed by atoms with Crippen molar-refractivity contribution in [3.05, 3.63) is 11.1 Å². The summed E-state index contributed by atoms with van der Waals surface area (Å²) in [6, 6.07) is 1.71. The minimum absolute atomic E-state index is 0.155. The molecule has 2 N–H and O–H groups in total. The van der Waals surface area contributed by atoms with Crippen molar-refractivity contribution in [1.29, 1.82) is 5.26 Å². The maximum Gasteiger partial charge on any atom is 0.115 e. The highest BCUT2D eigenvalue weighted by atomic mass is 35.5. The van der Waals surface area contributed by atoms with Gasteiger partial charge in [0, 0.05) is 6.54 Å². The number of hydrogen-bond donors (Lipinski definition) is 1. The van der Waals surface area contributed by atoms with Gasteiger partial charge in [0.1, 0.15) is 11.1 Å². The summed E-state index contributed by atoms with van der Waals surface area (Å²) in [4.78, 5) is 0. The molecular weight excluding hydrogens is 112 g/mol. The Hall–Kier alpha value is -0.520. The van der Waals surface area contributed by atoms with Gasteiger partial charge in [-0.2, -0.15) is 5.26 Å². The summed E-state index contributed by atoms with van der Waals surface area (Å²) < 4.78 is 0. The van der Waals surface area contributed by atoms with Crippen molar-refractivity contribution >= 4 is 11.6 Å². The molecule has 0 spiro atoms. The second kappa shape index (κ2) is 3.66. The molecule has 7 heavy (non-hydrogen) atoms. The first kappa shape index (κ1) is 6.48. The Kier molecular flexibility index (Phi) is 3.39. The molecule has 38 valence electrons. The van der Waals surface area contributed by atoms with E-state index in [1.165, 1.54) is 6.08 Å². The van der Waals surface area contributed by atoms with Crippen LogP contribution < -0.4 is 5.73 Å². The van der Waals surface area contributed by atoms with E-state index in [1.54, 1.807) is 6.07 Å². The van der Waals surface area contributed by atoms with Crippen LogP contribution in [0.5, 0.6) is 0 Å². The molecule has 0 aliphatic heterocycles. The van der Waals surface area contributed by atoms with Crippen LogP contribution in [-0.4, -0.2) is 6.54 Å². The second-order valence-electron chi connectivity index (χ2n) is 0.900. The first-order chi connectivity index (χ1) is 3.31. The maximum absolute atomic E-state index is 7.96. The molecule has 0 heterocycles. The molecule has 0 bridgehead atoms. The summed E-state index contributed by atoms with van der Waals surface area (Å²) in [5, 5.41) is 8.12. The van der Waals surface area contributed by atoms with E-state index < -0.39 is 0 Å². The quantitative estimate of drug-likeness (QED) is 0.510. The lowest BCUT2D eigenvalue weighted by atomic mass is 10.5. The van der Waals surface area contributed by atoms with Crippen molar-refractivity contribution in [2.45, 2.75) is 0 Å². The van der Waals surface area contributed by atoms with Crippen LogP contribution in [-0.2, 0) is 0 Å². The average molecular weight is 117 g/mol. The third kappa shape index (κ3) is 3.31. The molecule has 0 saturated heterocycles. The van der Waals surface area contributed by atoms with Crippen LogP contribution in [0.25, 0.3) is 0 Å². The Morgan fingerprint density at radius 2 is 2.57 bits per heavy atom. The van der Waals surface area contributed by atoms with Crippen molar-refractivity contribution in [3.8, 4) is 6.07 Å². The summed E-state index contributed by atoms with van der Waals surface area (Å²) in [5.74, 6) is 0. The Morgan fingerprint density at radius 1 is 2.00 bits per heavy atom. The Bertz CT molecular complexity index is 111. The lowest BCUT2D eigenvalue weighted by Crippen LogP contribution is -1.92. The van der Waals surface area contributed by atoms with E-state index in [0.717, 1.165) is 0 Å². The van der Waals surface area contributed by atoms with Crippen LogP contribution in [0.2, 0.25) is 0 Å². The summed E-state index contributed by atoms with van der Waals surface area (Å²) in [6.45, 7) is 0.326. The Labute approximate surface area is 47.2 Å². The fourth-order valence-corrected chi connectivity index (χ4v) is 0.238. The van der Waals surface area contributed by atoms with Crippen LogP contribution in [0.4, 0.5) is 0 Å². The SMILES string of the molecule is N#CC(Cl)=CCN. The van der Waals surface area contributed by atoms with E-state index in [-0.39, 0.29) is 5.03 Å². The summed E-state index contributed by atoms with van der Waals surface area (Å²) in [7, 11) is 0. The fraction of sp³-hybridized carbons (Fsp3) is 0.250. The number of nitriles is 1. The molecule has 0 amide bonds. The molecule has 0 rings (SSSR count). The van der Waals surface area contributed by atoms with Crippen LogP contribution >= 0.6 is 11.6 Å². The molecule has 3 heteroatoms. The van der Waals surface area contributed by atoms with Crippen LogP contribution in [0.15, 0.2) is 11.1 Å². The highest BCUT2D eigenvalue weighted by molar-refractivity contribution is 6.31. The van der Waals surface area contributed by atoms with E-state index in [1.807, 2.05) is 0 Å². The van der Waals surface area contributed by atoms with Gasteiger partial charge in [-0.1, -0.05) is 11.6 Å². The van der Waals surface area contributed by atoms with Crippen molar-refractivity contribution < 1.29 is 0 Å². The minimum Gasteiger partial charge on any atom is -0.327 e. The van der Waals surface area contributed by atoms with Gasteiger partial charge in [-0.05, 0) is 6.08 Å². The minimum atomic E-state index is 0.155. The molecule has 0 radical (unpaired) electrons. The highest BCUT2D eigenvalue weighted by Crippen LogP contribution is 1.94. The number of nitrogens with two attached hydrogens (primary N) is 1. The van der Waals surface area contributed by atoms with Gasteiger partial charge in [-0.15, -0.1) is 0 Å². The van der Waals surface area contributed by atoms with Crippen molar-refractivity contribution in [2.24, 2.45) is 5.73 Å². The van der Waals surface area contributed by atoms with Gasteiger partial charge in [0.2, 0.25) is 0 Å². The zero-order valence-corrected chi connectivity index (χ0v) is 4.44. The monoisotopic (exact) mass is 116 g/mol. The molecule has 0 aliphatic rings. The molecule has 0 atom stereocenters. The summed E-state index contributed by atoms with van der Waals surface area (Å²) in [6.07, 6.45) is 1.45. The molecule has 0 aromatic rings. The number of rotatable bonds is 1. The standard InChI is InChI=1S/C4H5ClN2/c5-4(3-7)1-2-6/h1H,2,6H2. The van der Waals surface area contributed by atoms with Gasteiger partial charge in [0.05, 0.1) is 0 Å². The first-order valence-corrected chi connectivity index (χ1v) is 2.15. The van der Waals surface area contributed by atoms with Crippen molar-refractivity contribution in [2.75, 3.05) is 6.54 Å². The third-order valence-electron chi connectivity index (χ3n) is 0.404. The number of allylic oxidation sites excluding steroid dienone is 1. The third-order valence-corrected chi connectivity index (χ3v) is 0.643. The van der Waals surface area contributed by atoms with Gasteiger partial charge >= 0.3 is 0 Å².